The zero-order valence-electron chi connectivity index (χ0n) is 18.5. The molecule has 3 aromatic carbocycles. The van der Waals surface area contributed by atoms with E-state index in [9.17, 15) is 14.7 Å². The predicted octanol–water partition coefficient (Wildman–Crippen LogP) is 5.36. The number of phenols is 1. The van der Waals surface area contributed by atoms with Crippen molar-refractivity contribution in [2.24, 2.45) is 10.2 Å². The highest BCUT2D eigenvalue weighted by molar-refractivity contribution is 5.88. The lowest BCUT2D eigenvalue weighted by Crippen LogP contribution is -2.14. The number of rotatable bonds is 7. The van der Waals surface area contributed by atoms with Gasteiger partial charge in [0.05, 0.1) is 23.6 Å². The molecule has 1 aromatic heterocycles. The number of azo groups is 1. The molecule has 0 bridgehead atoms. The van der Waals surface area contributed by atoms with Gasteiger partial charge in [-0.3, -0.25) is 9.89 Å². The van der Waals surface area contributed by atoms with Crippen LogP contribution in [0.15, 0.2) is 81.8 Å². The second kappa shape index (κ2) is 9.45. The Hall–Kier alpha value is -4.66. The molecule has 9 nitrogen and oxygen atoms in total. The Kier molecular flexibility index (Phi) is 6.26. The number of aryl methyl sites for hydroxylation is 1. The highest BCUT2D eigenvalue weighted by atomic mass is 16.5. The monoisotopic (exact) mass is 458 g/mol. The number of aromatic nitrogens is 2. The molecule has 0 fully saturated rings. The fourth-order valence-electron chi connectivity index (χ4n) is 3.45. The Bertz CT molecular complexity index is 1430. The minimum atomic E-state index is -1.03. The van der Waals surface area contributed by atoms with Gasteiger partial charge in [0.15, 0.2) is 5.69 Å². The lowest BCUT2D eigenvalue weighted by Gasteiger charge is -2.08. The van der Waals surface area contributed by atoms with E-state index in [2.05, 4.69) is 15.3 Å². The molecule has 0 aliphatic rings. The van der Waals surface area contributed by atoms with E-state index in [-0.39, 0.29) is 17.0 Å². The highest BCUT2D eigenvalue weighted by Crippen LogP contribution is 2.30. The van der Waals surface area contributed by atoms with Crippen LogP contribution in [0.2, 0.25) is 0 Å². The van der Waals surface area contributed by atoms with Crippen LogP contribution in [0, 0.1) is 6.92 Å². The number of carboxylic acid groups (broad SMARTS) is 1. The van der Waals surface area contributed by atoms with Gasteiger partial charge in [-0.25, -0.2) is 9.48 Å². The number of H-pyrrole nitrogens is 1. The van der Waals surface area contributed by atoms with Gasteiger partial charge in [0.25, 0.3) is 5.56 Å². The van der Waals surface area contributed by atoms with Crippen molar-refractivity contribution in [3.63, 3.8) is 0 Å². The Morgan fingerprint density at radius 1 is 1.03 bits per heavy atom. The van der Waals surface area contributed by atoms with E-state index < -0.39 is 11.5 Å². The fraction of sp³-hybridized carbons (Fsp3) is 0.120. The van der Waals surface area contributed by atoms with Crippen molar-refractivity contribution in [2.75, 3.05) is 6.61 Å². The number of para-hydroxylation sites is 1. The van der Waals surface area contributed by atoms with Crippen molar-refractivity contribution in [3.05, 3.63) is 88.3 Å². The van der Waals surface area contributed by atoms with Gasteiger partial charge in [-0.1, -0.05) is 24.3 Å². The van der Waals surface area contributed by atoms with Crippen molar-refractivity contribution in [1.82, 2.24) is 9.78 Å². The molecule has 34 heavy (non-hydrogen) atoms. The Labute approximate surface area is 194 Å². The zero-order chi connectivity index (χ0) is 24.2. The summed E-state index contributed by atoms with van der Waals surface area (Å²) in [7, 11) is 0. The number of hydrogen-bond donors (Lipinski definition) is 3. The second-order valence-electron chi connectivity index (χ2n) is 7.45. The first-order valence-corrected chi connectivity index (χ1v) is 10.5. The standard InChI is InChI=1S/C25H22N4O5/c1-3-34-22-7-5-4-6-21(22)26-27-23-15(2)28-29(24(23)31)19-12-18(13-20(30)14-19)16-8-10-17(11-9-16)25(32)33/h4-14,28,30H,3H2,1-2H3,(H,32,33). The maximum absolute atomic E-state index is 13.1. The van der Waals surface area contributed by atoms with Gasteiger partial charge in [-0.2, -0.15) is 0 Å². The van der Waals surface area contributed by atoms with Crippen molar-refractivity contribution in [3.8, 4) is 28.3 Å². The van der Waals surface area contributed by atoms with Crippen LogP contribution in [-0.4, -0.2) is 32.6 Å². The van der Waals surface area contributed by atoms with Gasteiger partial charge in [-0.05, 0) is 61.4 Å². The molecule has 0 saturated heterocycles. The number of nitrogens with zero attached hydrogens (tertiary/aromatic N) is 3. The number of hydrogen-bond acceptors (Lipinski definition) is 6. The molecule has 0 aliphatic carbocycles. The number of ether oxygens (including phenoxy) is 1. The van der Waals surface area contributed by atoms with E-state index in [0.29, 0.717) is 40.6 Å². The molecule has 9 heteroatoms. The Morgan fingerprint density at radius 3 is 2.47 bits per heavy atom. The van der Waals surface area contributed by atoms with E-state index in [4.69, 9.17) is 9.84 Å². The molecule has 0 aliphatic heterocycles. The molecule has 0 saturated carbocycles. The third kappa shape index (κ3) is 4.58. The Morgan fingerprint density at radius 2 is 1.76 bits per heavy atom. The van der Waals surface area contributed by atoms with E-state index >= 15 is 0 Å². The quantitative estimate of drug-likeness (QED) is 0.321. The summed E-state index contributed by atoms with van der Waals surface area (Å²) in [6, 6.07) is 18.1. The van der Waals surface area contributed by atoms with E-state index in [1.54, 1.807) is 43.3 Å². The van der Waals surface area contributed by atoms with Crippen LogP contribution in [0.1, 0.15) is 23.0 Å². The van der Waals surface area contributed by atoms with Gasteiger partial charge >= 0.3 is 5.97 Å². The summed E-state index contributed by atoms with van der Waals surface area (Å²) in [5.41, 5.74) is 2.53. The van der Waals surface area contributed by atoms with Crippen molar-refractivity contribution in [2.45, 2.75) is 13.8 Å². The van der Waals surface area contributed by atoms with Crippen molar-refractivity contribution in [1.29, 1.82) is 0 Å². The van der Waals surface area contributed by atoms with Crippen LogP contribution in [0.25, 0.3) is 16.8 Å². The summed E-state index contributed by atoms with van der Waals surface area (Å²) in [5, 5.41) is 30.7. The molecule has 3 N–H and O–H groups in total. The number of carboxylic acids is 1. The van der Waals surface area contributed by atoms with Crippen LogP contribution in [0.5, 0.6) is 11.5 Å². The third-order valence-electron chi connectivity index (χ3n) is 5.09. The molecule has 0 radical (unpaired) electrons. The largest absolute Gasteiger partial charge is 0.508 e. The van der Waals surface area contributed by atoms with Gasteiger partial charge < -0.3 is 14.9 Å². The van der Waals surface area contributed by atoms with Crippen LogP contribution in [-0.2, 0) is 0 Å². The topological polar surface area (TPSA) is 129 Å². The molecule has 0 amide bonds. The smallest absolute Gasteiger partial charge is 0.335 e. The lowest BCUT2D eigenvalue weighted by molar-refractivity contribution is 0.0697. The van der Waals surface area contributed by atoms with Crippen LogP contribution >= 0.6 is 0 Å². The predicted molar refractivity (Wildman–Crippen MR) is 127 cm³/mol. The van der Waals surface area contributed by atoms with E-state index in [1.165, 1.54) is 28.9 Å². The summed E-state index contributed by atoms with van der Waals surface area (Å²) in [4.78, 5) is 24.2. The summed E-state index contributed by atoms with van der Waals surface area (Å²) in [5.74, 6) is -0.515. The molecule has 4 aromatic rings. The number of carbonyl (C=O) groups is 1. The van der Waals surface area contributed by atoms with Gasteiger partial charge in [-0.15, -0.1) is 10.2 Å². The molecule has 1 heterocycles. The van der Waals surface area contributed by atoms with Gasteiger partial charge in [0, 0.05) is 6.07 Å². The van der Waals surface area contributed by atoms with Crippen molar-refractivity contribution < 1.29 is 19.7 Å². The number of nitrogens with one attached hydrogen (secondary N) is 1. The number of aromatic amines is 1. The number of phenolic OH excluding ortho intramolecular Hbond substituents is 1. The molecular weight excluding hydrogens is 436 g/mol. The first-order valence-electron chi connectivity index (χ1n) is 10.5. The number of aromatic carboxylic acids is 1. The normalized spacial score (nSPS) is 11.1. The first kappa shape index (κ1) is 22.5. The highest BCUT2D eigenvalue weighted by Gasteiger charge is 2.15. The molecule has 0 spiro atoms. The van der Waals surface area contributed by atoms with E-state index in [0.717, 1.165) is 0 Å². The van der Waals surface area contributed by atoms with Crippen LogP contribution in [0.4, 0.5) is 11.4 Å². The van der Waals surface area contributed by atoms with Gasteiger partial charge in [0.1, 0.15) is 17.2 Å². The van der Waals surface area contributed by atoms with E-state index in [1.807, 2.05) is 13.0 Å². The molecule has 172 valence electrons. The number of aromatic hydroxyl groups is 1. The first-order chi connectivity index (χ1) is 16.4. The van der Waals surface area contributed by atoms with Crippen molar-refractivity contribution >= 4 is 17.3 Å². The Balaban J connectivity index is 1.71. The number of benzene rings is 3. The molecular formula is C25H22N4O5. The molecule has 0 atom stereocenters. The van der Waals surface area contributed by atoms with Crippen LogP contribution < -0.4 is 10.3 Å². The maximum Gasteiger partial charge on any atom is 0.335 e. The lowest BCUT2D eigenvalue weighted by atomic mass is 10.0. The molecule has 4 rings (SSSR count). The second-order valence-corrected chi connectivity index (χ2v) is 7.45. The summed E-state index contributed by atoms with van der Waals surface area (Å²) in [6.07, 6.45) is 0. The minimum Gasteiger partial charge on any atom is -0.508 e. The fourth-order valence-corrected chi connectivity index (χ4v) is 3.45. The average molecular weight is 458 g/mol. The SMILES string of the molecule is CCOc1ccccc1N=Nc1c(C)[nH]n(-c2cc(O)cc(-c3ccc(C(=O)O)cc3)c2)c1=O. The summed E-state index contributed by atoms with van der Waals surface area (Å²) < 4.78 is 6.81. The van der Waals surface area contributed by atoms with Gasteiger partial charge in [0.2, 0.25) is 0 Å². The maximum atomic E-state index is 13.1. The van der Waals surface area contributed by atoms with Crippen LogP contribution in [0.3, 0.4) is 0 Å². The third-order valence-corrected chi connectivity index (χ3v) is 5.09. The summed E-state index contributed by atoms with van der Waals surface area (Å²) in [6.45, 7) is 4.05. The zero-order valence-corrected chi connectivity index (χ0v) is 18.5. The minimum absolute atomic E-state index is 0.0530. The molecule has 0 unspecified atom stereocenters. The summed E-state index contributed by atoms with van der Waals surface area (Å²) >= 11 is 0. The average Bonchev–Trinajstić information content (AvgIpc) is 3.11.